The van der Waals surface area contributed by atoms with E-state index in [1.54, 1.807) is 12.1 Å². The summed E-state index contributed by atoms with van der Waals surface area (Å²) < 4.78 is 9.81. The van der Waals surface area contributed by atoms with Gasteiger partial charge in [-0.05, 0) is 31.5 Å². The van der Waals surface area contributed by atoms with Crippen LogP contribution in [0, 0.1) is 0 Å². The second-order valence-electron chi connectivity index (χ2n) is 3.79. The fourth-order valence-corrected chi connectivity index (χ4v) is 1.37. The smallest absolute Gasteiger partial charge is 0.373 e. The van der Waals surface area contributed by atoms with Gasteiger partial charge in [-0.15, -0.1) is 0 Å². The fourth-order valence-electron chi connectivity index (χ4n) is 1.37. The second kappa shape index (κ2) is 7.09. The highest BCUT2D eigenvalue weighted by Crippen LogP contribution is 2.08. The average molecular weight is 241 g/mol. The first-order valence-electron chi connectivity index (χ1n) is 5.73. The summed E-state index contributed by atoms with van der Waals surface area (Å²) in [7, 11) is 1.31. The molecular weight excluding hydrogens is 222 g/mol. The van der Waals surface area contributed by atoms with E-state index in [2.05, 4.69) is 10.1 Å². The minimum absolute atomic E-state index is 0.206. The van der Waals surface area contributed by atoms with Gasteiger partial charge < -0.3 is 19.6 Å². The molecule has 2 N–H and O–H groups in total. The Kier molecular flexibility index (Phi) is 5.72. The molecule has 1 unspecified atom stereocenters. The predicted molar refractivity (Wildman–Crippen MR) is 62.7 cm³/mol. The minimum atomic E-state index is -0.474. The van der Waals surface area contributed by atoms with Gasteiger partial charge in [0.2, 0.25) is 5.76 Å². The van der Waals surface area contributed by atoms with Crippen molar-refractivity contribution < 1.29 is 19.1 Å². The third-order valence-corrected chi connectivity index (χ3v) is 2.47. The van der Waals surface area contributed by atoms with Gasteiger partial charge in [-0.1, -0.05) is 6.92 Å². The first kappa shape index (κ1) is 13.7. The lowest BCUT2D eigenvalue weighted by molar-refractivity contribution is 0.0563. The Balaban J connectivity index is 2.28. The summed E-state index contributed by atoms with van der Waals surface area (Å²) in [5.41, 5.74) is 0. The molecule has 0 amide bonds. The Labute approximate surface area is 101 Å². The summed E-state index contributed by atoms with van der Waals surface area (Å²) in [6, 6.07) is 3.32. The highest BCUT2D eigenvalue weighted by Gasteiger charge is 2.10. The van der Waals surface area contributed by atoms with Gasteiger partial charge in [0.25, 0.3) is 0 Å². The summed E-state index contributed by atoms with van der Waals surface area (Å²) >= 11 is 0. The zero-order chi connectivity index (χ0) is 12.7. The Morgan fingerprint density at radius 2 is 2.35 bits per heavy atom. The zero-order valence-corrected chi connectivity index (χ0v) is 10.2. The number of methoxy groups -OCH3 is 1. The predicted octanol–water partition coefficient (Wildman–Crippen LogP) is 1.32. The monoisotopic (exact) mass is 241 g/mol. The fraction of sp³-hybridized carbons (Fsp3) is 0.583. The van der Waals surface area contributed by atoms with Gasteiger partial charge in [-0.3, -0.25) is 0 Å². The van der Waals surface area contributed by atoms with Crippen LogP contribution in [0.15, 0.2) is 16.5 Å². The lowest BCUT2D eigenvalue weighted by Gasteiger charge is -2.07. The summed E-state index contributed by atoms with van der Waals surface area (Å²) in [6.07, 6.45) is 1.21. The van der Waals surface area contributed by atoms with E-state index in [9.17, 15) is 9.90 Å². The SMILES string of the molecule is CCC(O)CCNCc1ccc(C(=O)OC)o1. The van der Waals surface area contributed by atoms with E-state index < -0.39 is 5.97 Å². The first-order chi connectivity index (χ1) is 8.17. The lowest BCUT2D eigenvalue weighted by Crippen LogP contribution is -2.19. The number of esters is 1. The van der Waals surface area contributed by atoms with E-state index in [0.29, 0.717) is 25.3 Å². The number of aliphatic hydroxyl groups is 1. The van der Waals surface area contributed by atoms with Crippen molar-refractivity contribution in [1.29, 1.82) is 0 Å². The van der Waals surface area contributed by atoms with Gasteiger partial charge in [0.05, 0.1) is 19.8 Å². The Morgan fingerprint density at radius 1 is 1.59 bits per heavy atom. The van der Waals surface area contributed by atoms with Crippen LogP contribution in [0.25, 0.3) is 0 Å². The Hall–Kier alpha value is -1.33. The lowest BCUT2D eigenvalue weighted by atomic mass is 10.2. The molecule has 0 saturated heterocycles. The molecular formula is C12H19NO4. The molecule has 96 valence electrons. The van der Waals surface area contributed by atoms with Gasteiger partial charge in [0.1, 0.15) is 5.76 Å². The average Bonchev–Trinajstić information content (AvgIpc) is 2.82. The van der Waals surface area contributed by atoms with Crippen LogP contribution in [-0.4, -0.2) is 30.8 Å². The van der Waals surface area contributed by atoms with Crippen LogP contribution < -0.4 is 5.32 Å². The van der Waals surface area contributed by atoms with Gasteiger partial charge in [-0.2, -0.15) is 0 Å². The number of aliphatic hydroxyl groups excluding tert-OH is 1. The first-order valence-corrected chi connectivity index (χ1v) is 5.73. The molecule has 5 heteroatoms. The number of hydrogen-bond donors (Lipinski definition) is 2. The largest absolute Gasteiger partial charge is 0.463 e. The number of hydrogen-bond acceptors (Lipinski definition) is 5. The van der Waals surface area contributed by atoms with Crippen LogP contribution in [0.3, 0.4) is 0 Å². The topological polar surface area (TPSA) is 71.7 Å². The van der Waals surface area contributed by atoms with Crippen molar-refractivity contribution in [1.82, 2.24) is 5.32 Å². The van der Waals surface area contributed by atoms with Crippen molar-refractivity contribution in [3.63, 3.8) is 0 Å². The molecule has 0 spiro atoms. The van der Waals surface area contributed by atoms with Gasteiger partial charge in [0, 0.05) is 0 Å². The van der Waals surface area contributed by atoms with Crippen molar-refractivity contribution in [2.45, 2.75) is 32.4 Å². The molecule has 0 aliphatic heterocycles. The summed E-state index contributed by atoms with van der Waals surface area (Å²) in [5.74, 6) is 0.409. The van der Waals surface area contributed by atoms with Crippen LogP contribution in [-0.2, 0) is 11.3 Å². The molecule has 1 heterocycles. The van der Waals surface area contributed by atoms with Crippen LogP contribution in [0.5, 0.6) is 0 Å². The molecule has 0 aliphatic carbocycles. The third-order valence-electron chi connectivity index (χ3n) is 2.47. The number of carbonyl (C=O) groups is 1. The van der Waals surface area contributed by atoms with Crippen molar-refractivity contribution in [3.8, 4) is 0 Å². The van der Waals surface area contributed by atoms with E-state index in [0.717, 1.165) is 6.42 Å². The molecule has 0 radical (unpaired) electrons. The van der Waals surface area contributed by atoms with E-state index >= 15 is 0 Å². The third kappa shape index (κ3) is 4.58. The summed E-state index contributed by atoms with van der Waals surface area (Å²) in [6.45, 7) is 3.19. The molecule has 1 atom stereocenters. The number of carbonyl (C=O) groups excluding carboxylic acids is 1. The highest BCUT2D eigenvalue weighted by atomic mass is 16.5. The number of rotatable bonds is 7. The molecule has 17 heavy (non-hydrogen) atoms. The van der Waals surface area contributed by atoms with Crippen molar-refractivity contribution in [2.24, 2.45) is 0 Å². The van der Waals surface area contributed by atoms with Gasteiger partial charge in [-0.25, -0.2) is 4.79 Å². The Bertz CT molecular complexity index is 348. The van der Waals surface area contributed by atoms with E-state index in [-0.39, 0.29) is 11.9 Å². The van der Waals surface area contributed by atoms with E-state index in [1.165, 1.54) is 7.11 Å². The normalized spacial score (nSPS) is 12.4. The van der Waals surface area contributed by atoms with E-state index in [4.69, 9.17) is 4.42 Å². The van der Waals surface area contributed by atoms with Crippen LogP contribution in [0.1, 0.15) is 36.1 Å². The maximum atomic E-state index is 11.1. The molecule has 0 aliphatic rings. The standard InChI is InChI=1S/C12H19NO4/c1-3-9(14)6-7-13-8-10-4-5-11(17-10)12(15)16-2/h4-5,9,13-14H,3,6-8H2,1-2H3. The molecule has 1 aromatic rings. The number of ether oxygens (including phenoxy) is 1. The number of furan rings is 1. The van der Waals surface area contributed by atoms with Crippen molar-refractivity contribution >= 4 is 5.97 Å². The summed E-state index contributed by atoms with van der Waals surface area (Å²) in [5, 5.41) is 12.5. The van der Waals surface area contributed by atoms with Crippen LogP contribution >= 0.6 is 0 Å². The second-order valence-corrected chi connectivity index (χ2v) is 3.79. The molecule has 5 nitrogen and oxygen atoms in total. The summed E-state index contributed by atoms with van der Waals surface area (Å²) in [4.78, 5) is 11.1. The quantitative estimate of drug-likeness (QED) is 0.556. The molecule has 0 bridgehead atoms. The molecule has 0 saturated carbocycles. The molecule has 1 aromatic heterocycles. The Morgan fingerprint density at radius 3 is 3.00 bits per heavy atom. The molecule has 1 rings (SSSR count). The van der Waals surface area contributed by atoms with Crippen molar-refractivity contribution in [3.05, 3.63) is 23.7 Å². The number of nitrogens with one attached hydrogen (secondary N) is 1. The highest BCUT2D eigenvalue weighted by molar-refractivity contribution is 5.86. The zero-order valence-electron chi connectivity index (χ0n) is 10.2. The van der Waals surface area contributed by atoms with Crippen LogP contribution in [0.2, 0.25) is 0 Å². The molecule has 0 fully saturated rings. The van der Waals surface area contributed by atoms with E-state index in [1.807, 2.05) is 6.92 Å². The van der Waals surface area contributed by atoms with Gasteiger partial charge in [0.15, 0.2) is 0 Å². The molecule has 0 aromatic carbocycles. The maximum absolute atomic E-state index is 11.1. The van der Waals surface area contributed by atoms with Crippen molar-refractivity contribution in [2.75, 3.05) is 13.7 Å². The van der Waals surface area contributed by atoms with Gasteiger partial charge >= 0.3 is 5.97 Å². The minimum Gasteiger partial charge on any atom is -0.463 e. The van der Waals surface area contributed by atoms with Crippen LogP contribution in [0.4, 0.5) is 0 Å². The maximum Gasteiger partial charge on any atom is 0.373 e.